The minimum absolute atomic E-state index is 0.170. The van der Waals surface area contributed by atoms with E-state index in [4.69, 9.17) is 0 Å². The number of aryl methyl sites for hydroxylation is 2. The van der Waals surface area contributed by atoms with Crippen molar-refractivity contribution in [2.45, 2.75) is 32.7 Å². The van der Waals surface area contributed by atoms with Crippen molar-refractivity contribution in [3.8, 4) is 0 Å². The zero-order valence-corrected chi connectivity index (χ0v) is 12.1. The zero-order chi connectivity index (χ0) is 14.1. The normalized spacial score (nSPS) is 13.2. The lowest BCUT2D eigenvalue weighted by Crippen LogP contribution is -2.01. The molecule has 5 heteroatoms. The van der Waals surface area contributed by atoms with E-state index in [2.05, 4.69) is 11.4 Å². The minimum Gasteiger partial charge on any atom is -0.380 e. The summed E-state index contributed by atoms with van der Waals surface area (Å²) in [6.07, 6.45) is 3.68. The molecule has 1 aromatic heterocycles. The topological polar surface area (TPSA) is 55.2 Å². The summed E-state index contributed by atoms with van der Waals surface area (Å²) in [6.45, 7) is 2.52. The summed E-state index contributed by atoms with van der Waals surface area (Å²) >= 11 is 1.86. The molecular weight excluding hydrogens is 272 g/mol. The second-order valence-corrected chi connectivity index (χ2v) is 6.30. The molecule has 1 aliphatic rings. The van der Waals surface area contributed by atoms with Gasteiger partial charge < -0.3 is 5.32 Å². The quantitative estimate of drug-likeness (QED) is 0.681. The van der Waals surface area contributed by atoms with E-state index < -0.39 is 0 Å². The van der Waals surface area contributed by atoms with Crippen LogP contribution >= 0.6 is 11.3 Å². The third-order valence-corrected chi connectivity index (χ3v) is 4.99. The Hall–Kier alpha value is -1.88. The number of hydrogen-bond donors (Lipinski definition) is 1. The molecule has 4 nitrogen and oxygen atoms in total. The SMILES string of the molecule is Cc1c(NCc2cc3c(s2)CCC3)cccc1[N+](=O)[O-]. The summed E-state index contributed by atoms with van der Waals surface area (Å²) < 4.78 is 0. The molecular formula is C15H16N2O2S. The van der Waals surface area contributed by atoms with Crippen LogP contribution in [0.25, 0.3) is 0 Å². The average Bonchev–Trinajstić information content (AvgIpc) is 2.97. The van der Waals surface area contributed by atoms with Crippen LogP contribution in [0.3, 0.4) is 0 Å². The van der Waals surface area contributed by atoms with Crippen molar-refractivity contribution in [3.05, 3.63) is 55.3 Å². The fraction of sp³-hybridized carbons (Fsp3) is 0.333. The molecule has 1 N–H and O–H groups in total. The summed E-state index contributed by atoms with van der Waals surface area (Å²) in [5.74, 6) is 0. The predicted molar refractivity (Wildman–Crippen MR) is 81.5 cm³/mol. The number of hydrogen-bond acceptors (Lipinski definition) is 4. The van der Waals surface area contributed by atoms with Gasteiger partial charge in [0.05, 0.1) is 4.92 Å². The van der Waals surface area contributed by atoms with E-state index in [9.17, 15) is 10.1 Å². The fourth-order valence-corrected chi connectivity index (χ4v) is 3.87. The molecule has 0 unspecified atom stereocenters. The third-order valence-electron chi connectivity index (χ3n) is 3.75. The molecule has 0 spiro atoms. The number of thiophene rings is 1. The largest absolute Gasteiger partial charge is 0.380 e. The summed E-state index contributed by atoms with van der Waals surface area (Å²) in [5, 5.41) is 14.2. The molecule has 3 rings (SSSR count). The standard InChI is InChI=1S/C15H16N2O2S/c1-10-13(5-3-6-14(10)17(18)19)16-9-12-8-11-4-2-7-15(11)20-12/h3,5-6,8,16H,2,4,7,9H2,1H3. The van der Waals surface area contributed by atoms with E-state index in [-0.39, 0.29) is 10.6 Å². The molecule has 1 aromatic carbocycles. The van der Waals surface area contributed by atoms with Crippen LogP contribution in [0.2, 0.25) is 0 Å². The van der Waals surface area contributed by atoms with Gasteiger partial charge in [0, 0.05) is 33.6 Å². The van der Waals surface area contributed by atoms with Crippen molar-refractivity contribution < 1.29 is 4.92 Å². The van der Waals surface area contributed by atoms with Gasteiger partial charge in [0.15, 0.2) is 0 Å². The number of rotatable bonds is 4. The van der Waals surface area contributed by atoms with Crippen LogP contribution in [0.4, 0.5) is 11.4 Å². The Morgan fingerprint density at radius 2 is 2.25 bits per heavy atom. The molecule has 20 heavy (non-hydrogen) atoms. The summed E-state index contributed by atoms with van der Waals surface area (Å²) in [5.41, 5.74) is 3.19. The second-order valence-electron chi connectivity index (χ2n) is 5.08. The predicted octanol–water partition coefficient (Wildman–Crippen LogP) is 4.07. The van der Waals surface area contributed by atoms with Crippen molar-refractivity contribution in [2.75, 3.05) is 5.32 Å². The maximum Gasteiger partial charge on any atom is 0.274 e. The first-order chi connectivity index (χ1) is 9.65. The van der Waals surface area contributed by atoms with Gasteiger partial charge in [0.2, 0.25) is 0 Å². The average molecular weight is 288 g/mol. The van der Waals surface area contributed by atoms with Crippen LogP contribution in [0.5, 0.6) is 0 Å². The molecule has 1 aliphatic carbocycles. The first-order valence-corrected chi connectivity index (χ1v) is 7.55. The fourth-order valence-electron chi connectivity index (χ4n) is 2.67. The van der Waals surface area contributed by atoms with Gasteiger partial charge in [-0.2, -0.15) is 0 Å². The van der Waals surface area contributed by atoms with Gasteiger partial charge in [-0.25, -0.2) is 0 Å². The van der Waals surface area contributed by atoms with E-state index in [0.29, 0.717) is 5.56 Å². The van der Waals surface area contributed by atoms with Crippen LogP contribution in [0, 0.1) is 17.0 Å². The molecule has 0 saturated heterocycles. The number of nitrogens with zero attached hydrogens (tertiary/aromatic N) is 1. The minimum atomic E-state index is -0.333. The number of anilines is 1. The Morgan fingerprint density at radius 1 is 1.40 bits per heavy atom. The number of nitro groups is 1. The number of nitro benzene ring substituents is 1. The highest BCUT2D eigenvalue weighted by atomic mass is 32.1. The Labute approximate surface area is 121 Å². The summed E-state index contributed by atoms with van der Waals surface area (Å²) in [7, 11) is 0. The number of fused-ring (bicyclic) bond motifs is 1. The Morgan fingerprint density at radius 3 is 3.00 bits per heavy atom. The molecule has 0 atom stereocenters. The molecule has 0 radical (unpaired) electrons. The Bertz CT molecular complexity index is 642. The smallest absolute Gasteiger partial charge is 0.274 e. The Kier molecular flexibility index (Phi) is 3.44. The van der Waals surface area contributed by atoms with Crippen LogP contribution in [0.15, 0.2) is 24.3 Å². The van der Waals surface area contributed by atoms with Gasteiger partial charge in [-0.1, -0.05) is 6.07 Å². The molecule has 0 saturated carbocycles. The van der Waals surface area contributed by atoms with E-state index in [1.54, 1.807) is 19.1 Å². The first-order valence-electron chi connectivity index (χ1n) is 6.73. The van der Waals surface area contributed by atoms with E-state index in [1.807, 2.05) is 17.4 Å². The number of nitrogens with one attached hydrogen (secondary N) is 1. The molecule has 0 aliphatic heterocycles. The van der Waals surface area contributed by atoms with E-state index in [0.717, 1.165) is 12.2 Å². The van der Waals surface area contributed by atoms with Crippen molar-refractivity contribution >= 4 is 22.7 Å². The molecule has 2 aromatic rings. The Balaban J connectivity index is 1.75. The van der Waals surface area contributed by atoms with Crippen LogP contribution in [-0.2, 0) is 19.4 Å². The lowest BCUT2D eigenvalue weighted by Gasteiger charge is -2.08. The molecule has 0 amide bonds. The van der Waals surface area contributed by atoms with Gasteiger partial charge in [-0.3, -0.25) is 10.1 Å². The van der Waals surface area contributed by atoms with Crippen LogP contribution < -0.4 is 5.32 Å². The molecule has 0 bridgehead atoms. The van der Waals surface area contributed by atoms with Gasteiger partial charge in [0.25, 0.3) is 5.69 Å². The van der Waals surface area contributed by atoms with Crippen molar-refractivity contribution in [1.82, 2.24) is 0 Å². The zero-order valence-electron chi connectivity index (χ0n) is 11.3. The third kappa shape index (κ3) is 2.41. The lowest BCUT2D eigenvalue weighted by atomic mass is 10.1. The van der Waals surface area contributed by atoms with Crippen molar-refractivity contribution in [2.24, 2.45) is 0 Å². The number of benzene rings is 1. The second kappa shape index (κ2) is 5.25. The van der Waals surface area contributed by atoms with Gasteiger partial charge >= 0.3 is 0 Å². The van der Waals surface area contributed by atoms with Gasteiger partial charge in [0.1, 0.15) is 0 Å². The van der Waals surface area contributed by atoms with Crippen LogP contribution in [-0.4, -0.2) is 4.92 Å². The monoisotopic (exact) mass is 288 g/mol. The highest BCUT2D eigenvalue weighted by Gasteiger charge is 2.16. The molecule has 1 heterocycles. The van der Waals surface area contributed by atoms with E-state index >= 15 is 0 Å². The maximum atomic E-state index is 10.9. The molecule has 104 valence electrons. The lowest BCUT2D eigenvalue weighted by molar-refractivity contribution is -0.385. The highest BCUT2D eigenvalue weighted by molar-refractivity contribution is 7.12. The highest BCUT2D eigenvalue weighted by Crippen LogP contribution is 2.31. The first kappa shape index (κ1) is 13.1. The van der Waals surface area contributed by atoms with Crippen molar-refractivity contribution in [3.63, 3.8) is 0 Å². The summed E-state index contributed by atoms with van der Waals surface area (Å²) in [6, 6.07) is 7.43. The van der Waals surface area contributed by atoms with Gasteiger partial charge in [-0.15, -0.1) is 11.3 Å². The molecule has 0 fully saturated rings. The van der Waals surface area contributed by atoms with Gasteiger partial charge in [-0.05, 0) is 43.9 Å². The maximum absolute atomic E-state index is 10.9. The van der Waals surface area contributed by atoms with Crippen LogP contribution in [0.1, 0.15) is 27.3 Å². The van der Waals surface area contributed by atoms with Crippen molar-refractivity contribution in [1.29, 1.82) is 0 Å². The summed E-state index contributed by atoms with van der Waals surface area (Å²) in [4.78, 5) is 13.4. The van der Waals surface area contributed by atoms with E-state index in [1.165, 1.54) is 34.6 Å².